The van der Waals surface area contributed by atoms with Crippen LogP contribution < -0.4 is 5.32 Å². The second-order valence-electron chi connectivity index (χ2n) is 6.18. The van der Waals surface area contributed by atoms with E-state index >= 15 is 0 Å². The Bertz CT molecular complexity index is 687. The Hall–Kier alpha value is -1.90. The third kappa shape index (κ3) is 3.77. The first kappa shape index (κ1) is 16.9. The zero-order valence-corrected chi connectivity index (χ0v) is 13.1. The molecule has 1 aliphatic rings. The zero-order chi connectivity index (χ0) is 17.2. The van der Waals surface area contributed by atoms with Crippen molar-refractivity contribution < 1.29 is 18.3 Å². The number of alkyl halides is 3. The maximum Gasteiger partial charge on any atom is 0.433 e. The molecular weight excluding hydrogens is 323 g/mol. The van der Waals surface area contributed by atoms with E-state index in [0.29, 0.717) is 6.54 Å². The summed E-state index contributed by atoms with van der Waals surface area (Å²) >= 11 is 0. The van der Waals surface area contributed by atoms with Crippen molar-refractivity contribution >= 4 is 11.6 Å². The molecule has 0 radical (unpaired) electrons. The highest BCUT2D eigenvalue weighted by molar-refractivity contribution is 5.45. The fourth-order valence-corrected chi connectivity index (χ4v) is 3.19. The molecule has 2 heterocycles. The van der Waals surface area contributed by atoms with Crippen molar-refractivity contribution in [3.05, 3.63) is 18.1 Å². The van der Waals surface area contributed by atoms with Crippen LogP contribution >= 0.6 is 0 Å². The molecule has 132 valence electrons. The van der Waals surface area contributed by atoms with Crippen LogP contribution in [-0.2, 0) is 6.18 Å². The lowest BCUT2D eigenvalue weighted by Gasteiger charge is -2.27. The third-order valence-corrected chi connectivity index (χ3v) is 4.47. The summed E-state index contributed by atoms with van der Waals surface area (Å²) in [6.07, 6.45) is 2.07. The largest absolute Gasteiger partial charge is 0.433 e. The van der Waals surface area contributed by atoms with Crippen LogP contribution in [0.25, 0.3) is 5.78 Å². The number of nitrogens with one attached hydrogen (secondary N) is 1. The zero-order valence-electron chi connectivity index (χ0n) is 13.1. The molecule has 9 heteroatoms. The van der Waals surface area contributed by atoms with E-state index < -0.39 is 11.9 Å². The number of rotatable bonds is 5. The summed E-state index contributed by atoms with van der Waals surface area (Å²) in [5, 5.41) is 16.8. The predicted molar refractivity (Wildman–Crippen MR) is 81.5 cm³/mol. The summed E-state index contributed by atoms with van der Waals surface area (Å²) in [5.41, 5.74) is -0.992. The van der Waals surface area contributed by atoms with Gasteiger partial charge >= 0.3 is 6.18 Å². The molecule has 3 rings (SSSR count). The standard InChI is InChI=1S/C15H20F3N5O/c16-15(17,18)12-8-13(23-14(22-12)20-9-21-23)19-7-3-5-10-4-1-2-6-11(10)24/h8-11,19,24H,1-7H2. The minimum Gasteiger partial charge on any atom is -0.393 e. The van der Waals surface area contributed by atoms with Gasteiger partial charge < -0.3 is 10.4 Å². The fourth-order valence-electron chi connectivity index (χ4n) is 3.19. The molecule has 6 nitrogen and oxygen atoms in total. The molecule has 2 atom stereocenters. The Balaban J connectivity index is 1.63. The van der Waals surface area contributed by atoms with E-state index in [4.69, 9.17) is 0 Å². The number of hydrogen-bond acceptors (Lipinski definition) is 5. The van der Waals surface area contributed by atoms with Crippen molar-refractivity contribution in [3.63, 3.8) is 0 Å². The summed E-state index contributed by atoms with van der Waals surface area (Å²) < 4.78 is 40.0. The number of aliphatic hydroxyl groups is 1. The van der Waals surface area contributed by atoms with Crippen LogP contribution in [0.3, 0.4) is 0 Å². The van der Waals surface area contributed by atoms with Crippen LogP contribution in [0.15, 0.2) is 12.4 Å². The molecule has 2 aromatic rings. The molecule has 1 saturated carbocycles. The third-order valence-electron chi connectivity index (χ3n) is 4.47. The molecular formula is C15H20F3N5O. The summed E-state index contributed by atoms with van der Waals surface area (Å²) in [6.45, 7) is 0.499. The van der Waals surface area contributed by atoms with E-state index in [1.165, 1.54) is 10.8 Å². The van der Waals surface area contributed by atoms with Crippen LogP contribution in [0.2, 0.25) is 0 Å². The SMILES string of the molecule is OC1CCCCC1CCCNc1cc(C(F)(F)F)nc2ncnn12. The second kappa shape index (κ2) is 6.92. The van der Waals surface area contributed by atoms with Gasteiger partial charge in [-0.25, -0.2) is 4.98 Å². The lowest BCUT2D eigenvalue weighted by Crippen LogP contribution is -2.25. The predicted octanol–water partition coefficient (Wildman–Crippen LogP) is 2.89. The number of aromatic nitrogens is 4. The lowest BCUT2D eigenvalue weighted by molar-refractivity contribution is -0.141. The molecule has 0 saturated heterocycles. The van der Waals surface area contributed by atoms with Crippen LogP contribution in [0, 0.1) is 5.92 Å². The topological polar surface area (TPSA) is 75.3 Å². The average molecular weight is 343 g/mol. The maximum atomic E-state index is 12.9. The van der Waals surface area contributed by atoms with Gasteiger partial charge in [0.05, 0.1) is 6.10 Å². The van der Waals surface area contributed by atoms with Gasteiger partial charge in [-0.15, -0.1) is 0 Å². The summed E-state index contributed by atoms with van der Waals surface area (Å²) in [7, 11) is 0. The van der Waals surface area contributed by atoms with Gasteiger partial charge in [-0.2, -0.15) is 27.8 Å². The second-order valence-corrected chi connectivity index (χ2v) is 6.18. The molecule has 24 heavy (non-hydrogen) atoms. The minimum absolute atomic E-state index is 0.0879. The number of fused-ring (bicyclic) bond motifs is 1. The Morgan fingerprint density at radius 1 is 1.29 bits per heavy atom. The van der Waals surface area contributed by atoms with Gasteiger partial charge in [-0.3, -0.25) is 0 Å². The molecule has 1 aliphatic carbocycles. The molecule has 0 spiro atoms. The van der Waals surface area contributed by atoms with Crippen molar-refractivity contribution in [1.82, 2.24) is 19.6 Å². The van der Waals surface area contributed by atoms with Gasteiger partial charge in [0.25, 0.3) is 5.78 Å². The van der Waals surface area contributed by atoms with E-state index in [0.717, 1.165) is 44.6 Å². The molecule has 2 unspecified atom stereocenters. The molecule has 0 aliphatic heterocycles. The molecule has 1 fully saturated rings. The van der Waals surface area contributed by atoms with Crippen LogP contribution in [-0.4, -0.2) is 37.3 Å². The maximum absolute atomic E-state index is 12.9. The van der Waals surface area contributed by atoms with Crippen molar-refractivity contribution in [3.8, 4) is 0 Å². The van der Waals surface area contributed by atoms with E-state index in [9.17, 15) is 18.3 Å². The van der Waals surface area contributed by atoms with Gasteiger partial charge in [-0.05, 0) is 31.6 Å². The lowest BCUT2D eigenvalue weighted by atomic mass is 9.83. The van der Waals surface area contributed by atoms with Crippen molar-refractivity contribution in [1.29, 1.82) is 0 Å². The minimum atomic E-state index is -4.53. The number of nitrogens with zero attached hydrogens (tertiary/aromatic N) is 4. The number of hydrogen-bond donors (Lipinski definition) is 2. The first-order valence-electron chi connectivity index (χ1n) is 8.15. The molecule has 2 aromatic heterocycles. The smallest absolute Gasteiger partial charge is 0.393 e. The Morgan fingerprint density at radius 2 is 2.08 bits per heavy atom. The molecule has 0 bridgehead atoms. The quantitative estimate of drug-likeness (QED) is 0.817. The highest BCUT2D eigenvalue weighted by atomic mass is 19.4. The van der Waals surface area contributed by atoms with Crippen LogP contribution in [0.4, 0.5) is 19.0 Å². The molecule has 0 aromatic carbocycles. The van der Waals surface area contributed by atoms with Crippen LogP contribution in [0.5, 0.6) is 0 Å². The van der Waals surface area contributed by atoms with Gasteiger partial charge in [0.1, 0.15) is 12.1 Å². The molecule has 0 amide bonds. The first-order chi connectivity index (χ1) is 11.4. The Kier molecular flexibility index (Phi) is 4.88. The molecule has 2 N–H and O–H groups in total. The van der Waals surface area contributed by atoms with Crippen molar-refractivity contribution in [2.75, 3.05) is 11.9 Å². The summed E-state index contributed by atoms with van der Waals surface area (Å²) in [4.78, 5) is 7.20. The fraction of sp³-hybridized carbons (Fsp3) is 0.667. The number of anilines is 1. The monoisotopic (exact) mass is 343 g/mol. The van der Waals surface area contributed by atoms with Gasteiger partial charge in [0.15, 0.2) is 5.69 Å². The Labute approximate surface area is 137 Å². The summed E-state index contributed by atoms with van der Waals surface area (Å²) in [5.74, 6) is 0.416. The Morgan fingerprint density at radius 3 is 2.83 bits per heavy atom. The normalized spacial score (nSPS) is 22.0. The van der Waals surface area contributed by atoms with E-state index in [1.807, 2.05) is 0 Å². The van der Waals surface area contributed by atoms with Gasteiger partial charge in [0.2, 0.25) is 0 Å². The average Bonchev–Trinajstić information content (AvgIpc) is 3.00. The van der Waals surface area contributed by atoms with Crippen molar-refractivity contribution in [2.24, 2.45) is 5.92 Å². The number of aliphatic hydroxyl groups excluding tert-OH is 1. The van der Waals surface area contributed by atoms with Gasteiger partial charge in [0, 0.05) is 12.6 Å². The van der Waals surface area contributed by atoms with E-state index in [-0.39, 0.29) is 23.6 Å². The van der Waals surface area contributed by atoms with E-state index in [2.05, 4.69) is 20.4 Å². The highest BCUT2D eigenvalue weighted by Crippen LogP contribution is 2.30. The van der Waals surface area contributed by atoms with Crippen LogP contribution in [0.1, 0.15) is 44.2 Å². The van der Waals surface area contributed by atoms with Gasteiger partial charge in [-0.1, -0.05) is 12.8 Å². The highest BCUT2D eigenvalue weighted by Gasteiger charge is 2.34. The summed E-state index contributed by atoms with van der Waals surface area (Å²) in [6, 6.07) is 0.942. The first-order valence-corrected chi connectivity index (χ1v) is 8.15. The van der Waals surface area contributed by atoms with E-state index in [1.54, 1.807) is 0 Å². The number of halogens is 3. The van der Waals surface area contributed by atoms with Crippen molar-refractivity contribution in [2.45, 2.75) is 50.8 Å².